The van der Waals surface area contributed by atoms with Crippen molar-refractivity contribution < 1.29 is 8.42 Å². The van der Waals surface area contributed by atoms with Crippen LogP contribution in [-0.4, -0.2) is 23.1 Å². The van der Waals surface area contributed by atoms with Crippen LogP contribution in [0.1, 0.15) is 6.92 Å². The van der Waals surface area contributed by atoms with Crippen LogP contribution in [0.5, 0.6) is 0 Å². The lowest BCUT2D eigenvalue weighted by atomic mass is 10.3. The lowest BCUT2D eigenvalue weighted by molar-refractivity contribution is 0.590. The lowest BCUT2D eigenvalue weighted by Crippen LogP contribution is -2.13. The third-order valence-electron chi connectivity index (χ3n) is 2.13. The summed E-state index contributed by atoms with van der Waals surface area (Å²) in [7, 11) is -3.26. The van der Waals surface area contributed by atoms with Crippen LogP contribution in [0.4, 0.5) is 0 Å². The molecule has 0 amide bonds. The Morgan fingerprint density at radius 2 is 2.13 bits per heavy atom. The SMILES string of the molecule is CCS(=O)(=O)n1ccc2ccc(Br)nc21. The lowest BCUT2D eigenvalue weighted by Gasteiger charge is -2.03. The van der Waals surface area contributed by atoms with Crippen molar-refractivity contribution in [2.45, 2.75) is 6.92 Å². The summed E-state index contributed by atoms with van der Waals surface area (Å²) in [5.74, 6) is 0.0605. The molecule has 0 bridgehead atoms. The van der Waals surface area contributed by atoms with Gasteiger partial charge in [0.05, 0.1) is 5.75 Å². The van der Waals surface area contributed by atoms with Gasteiger partial charge >= 0.3 is 0 Å². The largest absolute Gasteiger partial charge is 0.239 e. The molecular formula is C9H9BrN2O2S. The van der Waals surface area contributed by atoms with Crippen molar-refractivity contribution in [1.29, 1.82) is 0 Å². The monoisotopic (exact) mass is 288 g/mol. The fourth-order valence-corrected chi connectivity index (χ4v) is 2.56. The van der Waals surface area contributed by atoms with Gasteiger partial charge < -0.3 is 0 Å². The second kappa shape index (κ2) is 3.61. The van der Waals surface area contributed by atoms with Crippen LogP contribution in [0.2, 0.25) is 0 Å². The van der Waals surface area contributed by atoms with Gasteiger partial charge in [0.25, 0.3) is 0 Å². The molecule has 4 nitrogen and oxygen atoms in total. The molecule has 0 aliphatic rings. The molecule has 0 spiro atoms. The van der Waals surface area contributed by atoms with Gasteiger partial charge in [-0.2, -0.15) is 0 Å². The van der Waals surface area contributed by atoms with E-state index in [4.69, 9.17) is 0 Å². The molecule has 2 rings (SSSR count). The number of hydrogen-bond donors (Lipinski definition) is 0. The van der Waals surface area contributed by atoms with Crippen molar-refractivity contribution in [3.63, 3.8) is 0 Å². The van der Waals surface area contributed by atoms with E-state index in [2.05, 4.69) is 20.9 Å². The molecule has 15 heavy (non-hydrogen) atoms. The van der Waals surface area contributed by atoms with E-state index in [1.807, 2.05) is 6.07 Å². The number of hydrogen-bond acceptors (Lipinski definition) is 3. The van der Waals surface area contributed by atoms with Crippen molar-refractivity contribution in [2.75, 3.05) is 5.75 Å². The van der Waals surface area contributed by atoms with Crippen molar-refractivity contribution in [3.8, 4) is 0 Å². The quantitative estimate of drug-likeness (QED) is 0.794. The first-order chi connectivity index (χ1) is 7.04. The third kappa shape index (κ3) is 1.79. The smallest absolute Gasteiger partial charge is 0.228 e. The summed E-state index contributed by atoms with van der Waals surface area (Å²) in [6.45, 7) is 1.61. The van der Waals surface area contributed by atoms with E-state index in [0.29, 0.717) is 10.3 Å². The molecule has 0 fully saturated rings. The highest BCUT2D eigenvalue weighted by molar-refractivity contribution is 9.10. The van der Waals surface area contributed by atoms with Crippen LogP contribution < -0.4 is 0 Å². The maximum Gasteiger partial charge on any atom is 0.239 e. The van der Waals surface area contributed by atoms with Gasteiger partial charge in [-0.05, 0) is 41.1 Å². The average molecular weight is 289 g/mol. The average Bonchev–Trinajstić information content (AvgIpc) is 2.61. The predicted molar refractivity (Wildman–Crippen MR) is 62.3 cm³/mol. The van der Waals surface area contributed by atoms with Gasteiger partial charge in [-0.1, -0.05) is 0 Å². The number of rotatable bonds is 2. The molecule has 0 aliphatic carbocycles. The Balaban J connectivity index is 2.78. The molecule has 0 aliphatic heterocycles. The maximum atomic E-state index is 11.7. The summed E-state index contributed by atoms with van der Waals surface area (Å²) in [6.07, 6.45) is 1.53. The number of aromatic nitrogens is 2. The van der Waals surface area contributed by atoms with Gasteiger partial charge in [0.15, 0.2) is 5.65 Å². The van der Waals surface area contributed by atoms with Gasteiger partial charge in [-0.15, -0.1) is 0 Å². The summed E-state index contributed by atoms with van der Waals surface area (Å²) in [6, 6.07) is 5.35. The Hall–Kier alpha value is -0.880. The molecule has 0 unspecified atom stereocenters. The van der Waals surface area contributed by atoms with Crippen molar-refractivity contribution in [1.82, 2.24) is 8.96 Å². The first kappa shape index (κ1) is 10.6. The standard InChI is InChI=1S/C9H9BrN2O2S/c1-2-15(13,14)12-6-5-7-3-4-8(10)11-9(7)12/h3-6H,2H2,1H3. The molecule has 80 valence electrons. The highest BCUT2D eigenvalue weighted by Crippen LogP contribution is 2.18. The second-order valence-electron chi connectivity index (χ2n) is 3.06. The fourth-order valence-electron chi connectivity index (χ4n) is 1.32. The van der Waals surface area contributed by atoms with E-state index in [-0.39, 0.29) is 5.75 Å². The van der Waals surface area contributed by atoms with Gasteiger partial charge in [-0.3, -0.25) is 0 Å². The molecule has 0 radical (unpaired) electrons. The highest BCUT2D eigenvalue weighted by Gasteiger charge is 2.14. The molecule has 0 atom stereocenters. The Morgan fingerprint density at radius 3 is 2.80 bits per heavy atom. The number of nitrogens with zero attached hydrogens (tertiary/aromatic N) is 2. The molecule has 0 aromatic carbocycles. The summed E-state index contributed by atoms with van der Waals surface area (Å²) < 4.78 is 25.2. The summed E-state index contributed by atoms with van der Waals surface area (Å²) in [5.41, 5.74) is 0.464. The first-order valence-corrected chi connectivity index (χ1v) is 6.81. The van der Waals surface area contributed by atoms with Crippen LogP contribution in [0, 0.1) is 0 Å². The highest BCUT2D eigenvalue weighted by atomic mass is 79.9. The van der Waals surface area contributed by atoms with E-state index in [1.54, 1.807) is 19.1 Å². The van der Waals surface area contributed by atoms with Crippen molar-refractivity contribution in [3.05, 3.63) is 29.0 Å². The minimum atomic E-state index is -3.26. The third-order valence-corrected chi connectivity index (χ3v) is 4.20. The molecule has 6 heteroatoms. The van der Waals surface area contributed by atoms with Crippen molar-refractivity contribution in [2.24, 2.45) is 0 Å². The maximum absolute atomic E-state index is 11.7. The normalized spacial score (nSPS) is 12.1. The molecular weight excluding hydrogens is 280 g/mol. The Labute approximate surface area is 96.1 Å². The van der Waals surface area contributed by atoms with Gasteiger partial charge in [0, 0.05) is 11.6 Å². The van der Waals surface area contributed by atoms with E-state index in [0.717, 1.165) is 5.39 Å². The number of pyridine rings is 1. The zero-order valence-corrected chi connectivity index (χ0v) is 10.4. The Kier molecular flexibility index (Phi) is 2.56. The van der Waals surface area contributed by atoms with Crippen LogP contribution in [0.15, 0.2) is 29.0 Å². The van der Waals surface area contributed by atoms with Gasteiger partial charge in [-0.25, -0.2) is 17.4 Å². The van der Waals surface area contributed by atoms with Crippen LogP contribution >= 0.6 is 15.9 Å². The first-order valence-electron chi connectivity index (χ1n) is 4.41. The minimum absolute atomic E-state index is 0.0605. The zero-order valence-electron chi connectivity index (χ0n) is 8.01. The fraction of sp³-hybridized carbons (Fsp3) is 0.222. The van der Waals surface area contributed by atoms with Crippen LogP contribution in [0.3, 0.4) is 0 Å². The van der Waals surface area contributed by atoms with E-state index in [1.165, 1.54) is 10.2 Å². The number of fused-ring (bicyclic) bond motifs is 1. The van der Waals surface area contributed by atoms with E-state index >= 15 is 0 Å². The summed E-state index contributed by atoms with van der Waals surface area (Å²) in [5, 5.41) is 0.815. The van der Waals surface area contributed by atoms with Crippen LogP contribution in [0.25, 0.3) is 11.0 Å². The molecule has 2 heterocycles. The van der Waals surface area contributed by atoms with Gasteiger partial charge in [0.1, 0.15) is 4.60 Å². The van der Waals surface area contributed by atoms with Crippen LogP contribution in [-0.2, 0) is 10.0 Å². The Morgan fingerprint density at radius 1 is 1.40 bits per heavy atom. The summed E-state index contributed by atoms with van der Waals surface area (Å²) in [4.78, 5) is 4.15. The second-order valence-corrected chi connectivity index (χ2v) is 6.01. The molecule has 0 N–H and O–H groups in total. The molecule has 2 aromatic rings. The summed E-state index contributed by atoms with van der Waals surface area (Å²) >= 11 is 3.22. The van der Waals surface area contributed by atoms with E-state index in [9.17, 15) is 8.42 Å². The minimum Gasteiger partial charge on any atom is -0.228 e. The van der Waals surface area contributed by atoms with Gasteiger partial charge in [0.2, 0.25) is 10.0 Å². The molecule has 0 saturated heterocycles. The molecule has 0 saturated carbocycles. The Bertz CT molecular complexity index is 604. The zero-order chi connectivity index (χ0) is 11.1. The topological polar surface area (TPSA) is 52.0 Å². The van der Waals surface area contributed by atoms with E-state index < -0.39 is 10.0 Å². The predicted octanol–water partition coefficient (Wildman–Crippen LogP) is 2.00. The van der Waals surface area contributed by atoms with Crippen molar-refractivity contribution >= 4 is 37.0 Å². The number of halogens is 1. The molecule has 2 aromatic heterocycles.